The number of benzene rings is 1. The zero-order valence-corrected chi connectivity index (χ0v) is 17.3. The zero-order valence-electron chi connectivity index (χ0n) is 16.5. The van der Waals surface area contributed by atoms with Crippen molar-refractivity contribution in [3.05, 3.63) is 62.5 Å². The number of fused-ring (bicyclic) bond motifs is 2. The molecule has 1 fully saturated rings. The summed E-state index contributed by atoms with van der Waals surface area (Å²) in [5, 5.41) is 3.38. The van der Waals surface area contributed by atoms with Crippen molar-refractivity contribution in [3.63, 3.8) is 0 Å². The Hall–Kier alpha value is -3.00. The molecule has 0 spiro atoms. The number of rotatable bonds is 5. The van der Waals surface area contributed by atoms with Crippen LogP contribution in [-0.2, 0) is 22.5 Å². The number of aryl methyl sites for hydroxylation is 2. The molecule has 0 radical (unpaired) electrons. The van der Waals surface area contributed by atoms with Gasteiger partial charge in [0.25, 0.3) is 11.5 Å². The van der Waals surface area contributed by atoms with Crippen molar-refractivity contribution < 1.29 is 14.3 Å². The molecule has 0 bridgehead atoms. The van der Waals surface area contributed by atoms with Crippen LogP contribution in [0, 0.1) is 6.92 Å². The fraction of sp³-hybridized carbons (Fsp3) is 0.364. The van der Waals surface area contributed by atoms with E-state index in [2.05, 4.69) is 10.3 Å². The fourth-order valence-electron chi connectivity index (χ4n) is 3.84. The van der Waals surface area contributed by atoms with Gasteiger partial charge in [-0.25, -0.2) is 9.78 Å². The summed E-state index contributed by atoms with van der Waals surface area (Å²) < 4.78 is 7.37. The standard InChI is InChI=1S/C22H21N3O4S/c1-12-16-20(24-15-8-5-11-25(15)21(16)27)30-18(12)22(28)29-17(13-6-3-2-4-7-13)19(26)23-14-9-10-14/h2-4,6-7,14,17H,5,8-11H2,1H3,(H,23,26). The van der Waals surface area contributed by atoms with Gasteiger partial charge in [-0.1, -0.05) is 30.3 Å². The van der Waals surface area contributed by atoms with Crippen molar-refractivity contribution in [2.45, 2.75) is 51.3 Å². The lowest BCUT2D eigenvalue weighted by atomic mass is 10.1. The summed E-state index contributed by atoms with van der Waals surface area (Å²) in [6.45, 7) is 2.39. The van der Waals surface area contributed by atoms with Gasteiger partial charge in [0, 0.05) is 24.6 Å². The van der Waals surface area contributed by atoms with Crippen LogP contribution >= 0.6 is 11.3 Å². The Bertz CT molecular complexity index is 1210. The first-order valence-electron chi connectivity index (χ1n) is 10.1. The molecule has 3 heterocycles. The summed E-state index contributed by atoms with van der Waals surface area (Å²) in [4.78, 5) is 44.2. The molecule has 2 aliphatic rings. The van der Waals surface area contributed by atoms with Gasteiger partial charge >= 0.3 is 5.97 Å². The lowest BCUT2D eigenvalue weighted by molar-refractivity contribution is -0.130. The van der Waals surface area contributed by atoms with Gasteiger partial charge in [-0.2, -0.15) is 0 Å². The monoisotopic (exact) mass is 423 g/mol. The van der Waals surface area contributed by atoms with Crippen LogP contribution in [0.5, 0.6) is 0 Å². The van der Waals surface area contributed by atoms with Gasteiger partial charge in [0.1, 0.15) is 15.5 Å². The maximum Gasteiger partial charge on any atom is 0.349 e. The number of amides is 1. The summed E-state index contributed by atoms with van der Waals surface area (Å²) in [6.07, 6.45) is 2.51. The van der Waals surface area contributed by atoms with Gasteiger partial charge in [0.05, 0.1) is 5.39 Å². The molecule has 0 saturated heterocycles. The van der Waals surface area contributed by atoms with Gasteiger partial charge in [0.15, 0.2) is 0 Å². The van der Waals surface area contributed by atoms with Crippen LogP contribution in [0.25, 0.3) is 10.2 Å². The largest absolute Gasteiger partial charge is 0.443 e. The number of nitrogens with zero attached hydrogens (tertiary/aromatic N) is 2. The smallest absolute Gasteiger partial charge is 0.349 e. The third-order valence-corrected chi connectivity index (χ3v) is 6.75. The van der Waals surface area contributed by atoms with Crippen LogP contribution in [0.15, 0.2) is 35.1 Å². The van der Waals surface area contributed by atoms with Gasteiger partial charge in [-0.3, -0.25) is 14.2 Å². The van der Waals surface area contributed by atoms with Gasteiger partial charge in [0.2, 0.25) is 6.10 Å². The second-order valence-electron chi connectivity index (χ2n) is 7.80. The average molecular weight is 423 g/mol. The third-order valence-electron chi connectivity index (χ3n) is 5.59. The first kappa shape index (κ1) is 19.0. The number of hydrogen-bond acceptors (Lipinski definition) is 6. The van der Waals surface area contributed by atoms with Crippen LogP contribution in [0.4, 0.5) is 0 Å². The van der Waals surface area contributed by atoms with E-state index in [-0.39, 0.29) is 17.5 Å². The van der Waals surface area contributed by atoms with Crippen LogP contribution in [0.1, 0.15) is 52.0 Å². The number of carbonyl (C=O) groups is 2. The van der Waals surface area contributed by atoms with Crippen molar-refractivity contribution in [1.82, 2.24) is 14.9 Å². The number of nitrogens with one attached hydrogen (secondary N) is 1. The Kier molecular flexibility index (Phi) is 4.66. The highest BCUT2D eigenvalue weighted by molar-refractivity contribution is 7.20. The maximum absolute atomic E-state index is 13.1. The molecule has 1 aliphatic heterocycles. The van der Waals surface area contributed by atoms with Crippen molar-refractivity contribution in [2.75, 3.05) is 0 Å². The predicted octanol–water partition coefficient (Wildman–Crippen LogP) is 2.89. The molecule has 1 unspecified atom stereocenters. The minimum atomic E-state index is -1.04. The van der Waals surface area contributed by atoms with E-state index in [1.165, 1.54) is 0 Å². The molecule has 5 rings (SSSR count). The highest BCUT2D eigenvalue weighted by Crippen LogP contribution is 2.31. The minimum Gasteiger partial charge on any atom is -0.443 e. The number of carbonyl (C=O) groups excluding carboxylic acids is 2. The zero-order chi connectivity index (χ0) is 20.8. The quantitative estimate of drug-likeness (QED) is 0.638. The Morgan fingerprint density at radius 3 is 2.77 bits per heavy atom. The number of thiophene rings is 1. The summed E-state index contributed by atoms with van der Waals surface area (Å²) >= 11 is 1.16. The van der Waals surface area contributed by atoms with E-state index in [0.29, 0.717) is 32.8 Å². The van der Waals surface area contributed by atoms with Crippen molar-refractivity contribution in [1.29, 1.82) is 0 Å². The first-order valence-corrected chi connectivity index (χ1v) is 10.9. The normalized spacial score (nSPS) is 16.3. The Labute approximate surface area is 176 Å². The fourth-order valence-corrected chi connectivity index (χ4v) is 4.91. The maximum atomic E-state index is 13.1. The topological polar surface area (TPSA) is 90.3 Å². The highest BCUT2D eigenvalue weighted by Gasteiger charge is 2.32. The van der Waals surface area contributed by atoms with E-state index in [0.717, 1.165) is 42.8 Å². The van der Waals surface area contributed by atoms with Crippen molar-refractivity contribution in [3.8, 4) is 0 Å². The van der Waals surface area contributed by atoms with E-state index in [4.69, 9.17) is 4.74 Å². The van der Waals surface area contributed by atoms with Crippen LogP contribution in [0.2, 0.25) is 0 Å². The predicted molar refractivity (Wildman–Crippen MR) is 113 cm³/mol. The number of hydrogen-bond donors (Lipinski definition) is 1. The van der Waals surface area contributed by atoms with E-state index < -0.39 is 12.1 Å². The van der Waals surface area contributed by atoms with Gasteiger partial charge < -0.3 is 10.1 Å². The number of esters is 1. The van der Waals surface area contributed by atoms with Crippen molar-refractivity contribution in [2.24, 2.45) is 0 Å². The summed E-state index contributed by atoms with van der Waals surface area (Å²) in [6, 6.07) is 9.13. The molecule has 2 aromatic heterocycles. The second kappa shape index (κ2) is 7.36. The van der Waals surface area contributed by atoms with Gasteiger partial charge in [-0.05, 0) is 31.7 Å². The lowest BCUT2D eigenvalue weighted by Gasteiger charge is -2.17. The molecule has 1 atom stereocenters. The average Bonchev–Trinajstić information content (AvgIpc) is 3.31. The van der Waals surface area contributed by atoms with Crippen LogP contribution < -0.4 is 10.9 Å². The first-order chi connectivity index (χ1) is 14.5. The molecule has 1 aliphatic carbocycles. The SMILES string of the molecule is Cc1c(C(=O)OC(C(=O)NC2CC2)c2ccccc2)sc2nc3n(c(=O)c12)CCC3. The number of ether oxygens (including phenoxy) is 1. The van der Waals surface area contributed by atoms with Crippen LogP contribution in [-0.4, -0.2) is 27.5 Å². The lowest BCUT2D eigenvalue weighted by Crippen LogP contribution is -2.33. The molecule has 30 heavy (non-hydrogen) atoms. The molecule has 1 saturated carbocycles. The van der Waals surface area contributed by atoms with E-state index in [1.807, 2.05) is 6.07 Å². The molecular formula is C22H21N3O4S. The Morgan fingerprint density at radius 1 is 1.27 bits per heavy atom. The second-order valence-corrected chi connectivity index (χ2v) is 8.80. The van der Waals surface area contributed by atoms with E-state index in [1.54, 1.807) is 35.8 Å². The Balaban J connectivity index is 1.49. The van der Waals surface area contributed by atoms with E-state index >= 15 is 0 Å². The molecule has 1 N–H and O–H groups in total. The van der Waals surface area contributed by atoms with Crippen LogP contribution in [0.3, 0.4) is 0 Å². The summed E-state index contributed by atoms with van der Waals surface area (Å²) in [5.74, 6) is -0.174. The Morgan fingerprint density at radius 2 is 2.03 bits per heavy atom. The molecule has 7 nitrogen and oxygen atoms in total. The van der Waals surface area contributed by atoms with Crippen molar-refractivity contribution >= 4 is 33.4 Å². The van der Waals surface area contributed by atoms with Gasteiger partial charge in [-0.15, -0.1) is 11.3 Å². The minimum absolute atomic E-state index is 0.105. The molecule has 154 valence electrons. The molecule has 1 aromatic carbocycles. The summed E-state index contributed by atoms with van der Waals surface area (Å²) in [5.41, 5.74) is 1.07. The van der Waals surface area contributed by atoms with E-state index in [9.17, 15) is 14.4 Å². The highest BCUT2D eigenvalue weighted by atomic mass is 32.1. The summed E-state index contributed by atoms with van der Waals surface area (Å²) in [7, 11) is 0. The molecule has 8 heteroatoms. The molecule has 3 aromatic rings. The number of aromatic nitrogens is 2. The third kappa shape index (κ3) is 3.31. The molecular weight excluding hydrogens is 402 g/mol. The molecule has 1 amide bonds.